The molecule has 348 valence electrons. The van der Waals surface area contributed by atoms with Crippen LogP contribution in [0.1, 0.15) is 114 Å². The number of hydrogen-bond donors (Lipinski definition) is 3. The Morgan fingerprint density at radius 3 is 2.06 bits per heavy atom. The van der Waals surface area contributed by atoms with Crippen molar-refractivity contribution in [2.45, 2.75) is 117 Å². The van der Waals surface area contributed by atoms with Crippen LogP contribution in [0, 0.1) is 24.7 Å². The van der Waals surface area contributed by atoms with Crippen molar-refractivity contribution in [2.24, 2.45) is 28.5 Å². The number of ketones is 1. The molecule has 4 rings (SSSR count). The first kappa shape index (κ1) is 51.5. The fourth-order valence-electron chi connectivity index (χ4n) is 7.89. The van der Waals surface area contributed by atoms with Crippen LogP contribution in [0.25, 0.3) is 11.1 Å². The predicted octanol–water partition coefficient (Wildman–Crippen LogP) is 9.08. The van der Waals surface area contributed by atoms with Gasteiger partial charge in [0.2, 0.25) is 5.91 Å². The first-order valence-corrected chi connectivity index (χ1v) is 25.1. The molecule has 0 radical (unpaired) electrons. The number of amidine groups is 1. The lowest BCUT2D eigenvalue weighted by Crippen LogP contribution is -2.45. The number of esters is 2. The molecule has 0 bridgehead atoms. The largest absolute Gasteiger partial charge is 0.465 e. The van der Waals surface area contributed by atoms with Crippen LogP contribution in [0.4, 0.5) is 4.79 Å². The zero-order valence-electron chi connectivity index (χ0n) is 39.2. The summed E-state index contributed by atoms with van der Waals surface area (Å²) in [4.78, 5) is 72.7. The van der Waals surface area contributed by atoms with Crippen LogP contribution in [0.15, 0.2) is 77.8 Å². The van der Waals surface area contributed by atoms with Gasteiger partial charge in [0.25, 0.3) is 0 Å². The number of nitrogens with two attached hydrogens (primary N) is 1. The maximum Gasteiger partial charge on any atom is 0.407 e. The quantitative estimate of drug-likeness (QED) is 0.0187. The average molecular weight is 899 g/mol. The van der Waals surface area contributed by atoms with Crippen LogP contribution in [0.2, 0.25) is 0 Å². The van der Waals surface area contributed by atoms with E-state index in [1.165, 1.54) is 0 Å². The molecule has 3 aromatic carbocycles. The lowest BCUT2D eigenvalue weighted by Gasteiger charge is -2.24. The van der Waals surface area contributed by atoms with Gasteiger partial charge in [-0.05, 0) is 107 Å². The number of benzene rings is 3. The molecule has 0 aliphatic heterocycles. The van der Waals surface area contributed by atoms with Crippen LogP contribution in [-0.4, -0.2) is 86.4 Å². The Labute approximate surface area is 382 Å². The SMILES string of the molecule is Cc1ccc(COC(=O)[C@@H](CC(=O)[C@@H](CCCN=C(N)CP(C)C)NC(=O)[C@@H](CCCCNC(=O)OC(C)(C)C)CC(=O)OCC2c3ccccc3-c3ccccc32)CC(C)C)cc1. The van der Waals surface area contributed by atoms with Gasteiger partial charge in [-0.15, -0.1) is 7.92 Å². The van der Waals surface area contributed by atoms with Crippen molar-refractivity contribution in [3.63, 3.8) is 0 Å². The minimum absolute atomic E-state index is 0.0873. The number of fused-ring (bicyclic) bond motifs is 3. The van der Waals surface area contributed by atoms with Crippen LogP contribution in [0.5, 0.6) is 0 Å². The predicted molar refractivity (Wildman–Crippen MR) is 256 cm³/mol. The topological polar surface area (TPSA) is 175 Å². The number of nitrogens with one attached hydrogen (secondary N) is 2. The highest BCUT2D eigenvalue weighted by Crippen LogP contribution is 2.44. The fourth-order valence-corrected chi connectivity index (χ4v) is 8.64. The number of aliphatic imine (C=N–C) groups is 1. The van der Waals surface area contributed by atoms with Crippen molar-refractivity contribution in [1.82, 2.24) is 10.6 Å². The number of aryl methyl sites for hydroxylation is 1. The molecule has 0 heterocycles. The molecule has 0 saturated carbocycles. The van der Waals surface area contributed by atoms with E-state index in [0.717, 1.165) is 33.4 Å². The molecule has 64 heavy (non-hydrogen) atoms. The van der Waals surface area contributed by atoms with Crippen molar-refractivity contribution >= 4 is 43.5 Å². The van der Waals surface area contributed by atoms with Gasteiger partial charge in [-0.1, -0.05) is 98.6 Å². The van der Waals surface area contributed by atoms with Gasteiger partial charge in [-0.2, -0.15) is 0 Å². The summed E-state index contributed by atoms with van der Waals surface area (Å²) in [6.07, 6.45) is 2.32. The van der Waals surface area contributed by atoms with Gasteiger partial charge in [-0.3, -0.25) is 24.2 Å². The van der Waals surface area contributed by atoms with Gasteiger partial charge in [-0.25, -0.2) is 4.79 Å². The second kappa shape index (κ2) is 25.4. The smallest absolute Gasteiger partial charge is 0.407 e. The van der Waals surface area contributed by atoms with Crippen molar-refractivity contribution < 1.29 is 38.2 Å². The third-order valence-electron chi connectivity index (χ3n) is 11.0. The number of hydrogen-bond acceptors (Lipinski definition) is 9. The Hall–Kier alpha value is -5.09. The van der Waals surface area contributed by atoms with Gasteiger partial charge in [0.05, 0.1) is 24.2 Å². The first-order chi connectivity index (χ1) is 30.4. The van der Waals surface area contributed by atoms with E-state index < -0.39 is 47.4 Å². The molecule has 4 N–H and O–H groups in total. The lowest BCUT2D eigenvalue weighted by atomic mass is 9.89. The van der Waals surface area contributed by atoms with E-state index in [0.29, 0.717) is 57.2 Å². The Morgan fingerprint density at radius 2 is 1.45 bits per heavy atom. The molecule has 0 saturated heterocycles. The van der Waals surface area contributed by atoms with E-state index in [1.54, 1.807) is 20.8 Å². The Morgan fingerprint density at radius 1 is 0.812 bits per heavy atom. The molecular weight excluding hydrogens is 828 g/mol. The van der Waals surface area contributed by atoms with Gasteiger partial charge in [0.15, 0.2) is 5.78 Å². The monoisotopic (exact) mass is 899 g/mol. The number of nitrogens with zero attached hydrogens (tertiary/aromatic N) is 1. The van der Waals surface area contributed by atoms with Crippen molar-refractivity contribution in [2.75, 3.05) is 39.2 Å². The van der Waals surface area contributed by atoms with E-state index in [-0.39, 0.29) is 58.0 Å². The summed E-state index contributed by atoms with van der Waals surface area (Å²) < 4.78 is 17.0. The maximum absolute atomic E-state index is 14.4. The minimum atomic E-state index is -0.947. The summed E-state index contributed by atoms with van der Waals surface area (Å²) in [7, 11) is -0.275. The average Bonchev–Trinajstić information content (AvgIpc) is 3.55. The number of rotatable bonds is 25. The van der Waals surface area contributed by atoms with Crippen LogP contribution < -0.4 is 16.4 Å². The number of carbonyl (C=O) groups excluding carboxylic acids is 5. The number of ether oxygens (including phenoxy) is 3. The third-order valence-corrected chi connectivity index (χ3v) is 11.9. The number of Topliss-reactive ketones (excluding diaryl/α,β-unsaturated/α-hetero) is 1. The minimum Gasteiger partial charge on any atom is -0.465 e. The molecule has 3 atom stereocenters. The van der Waals surface area contributed by atoms with Crippen LogP contribution in [-0.2, 0) is 40.0 Å². The second-order valence-electron chi connectivity index (χ2n) is 18.6. The summed E-state index contributed by atoms with van der Waals surface area (Å²) in [6.45, 7) is 16.5. The van der Waals surface area contributed by atoms with Gasteiger partial charge in [0.1, 0.15) is 18.8 Å². The van der Waals surface area contributed by atoms with Gasteiger partial charge < -0.3 is 30.6 Å². The number of carbonyl (C=O) groups is 5. The highest BCUT2D eigenvalue weighted by atomic mass is 31.1. The molecule has 0 spiro atoms. The third kappa shape index (κ3) is 17.5. The van der Waals surface area contributed by atoms with Gasteiger partial charge in [0, 0.05) is 37.5 Å². The molecule has 12 nitrogen and oxygen atoms in total. The summed E-state index contributed by atoms with van der Waals surface area (Å²) in [5, 5.41) is 5.75. The Balaban J connectivity index is 1.50. The van der Waals surface area contributed by atoms with Crippen molar-refractivity contribution in [1.29, 1.82) is 0 Å². The first-order valence-electron chi connectivity index (χ1n) is 22.7. The molecule has 0 unspecified atom stereocenters. The lowest BCUT2D eigenvalue weighted by molar-refractivity contribution is -0.152. The summed E-state index contributed by atoms with van der Waals surface area (Å²) in [5.74, 6) is -2.78. The van der Waals surface area contributed by atoms with E-state index in [2.05, 4.69) is 41.1 Å². The van der Waals surface area contributed by atoms with Gasteiger partial charge >= 0.3 is 18.0 Å². The van der Waals surface area contributed by atoms with E-state index in [4.69, 9.17) is 19.9 Å². The van der Waals surface area contributed by atoms with E-state index in [1.807, 2.05) is 81.4 Å². The zero-order valence-corrected chi connectivity index (χ0v) is 40.1. The normalized spacial score (nSPS) is 14.0. The van der Waals surface area contributed by atoms with Crippen LogP contribution >= 0.6 is 7.92 Å². The zero-order chi connectivity index (χ0) is 46.8. The molecule has 3 aromatic rings. The van der Waals surface area contributed by atoms with Crippen LogP contribution in [0.3, 0.4) is 0 Å². The van der Waals surface area contributed by atoms with Crippen molar-refractivity contribution in [3.05, 3.63) is 95.1 Å². The van der Waals surface area contributed by atoms with E-state index >= 15 is 0 Å². The molecule has 1 aliphatic rings. The molecule has 0 aromatic heterocycles. The highest BCUT2D eigenvalue weighted by Gasteiger charge is 2.33. The Kier molecular flexibility index (Phi) is 20.5. The molecule has 13 heteroatoms. The summed E-state index contributed by atoms with van der Waals surface area (Å²) >= 11 is 0. The van der Waals surface area contributed by atoms with E-state index in [9.17, 15) is 24.0 Å². The number of alkyl carbamates (subject to hydrolysis) is 1. The molecule has 2 amide bonds. The molecular formula is C51H71N4O8P. The highest BCUT2D eigenvalue weighted by molar-refractivity contribution is 7.57. The summed E-state index contributed by atoms with van der Waals surface area (Å²) in [5.41, 5.74) is 11.8. The summed E-state index contributed by atoms with van der Waals surface area (Å²) in [6, 6.07) is 22.9. The standard InChI is InChI=1S/C51H71N4O8P/c1-34(2)28-38(49(59)62-31-36-24-22-35(3)23-25-36)29-45(56)44(21-15-27-53-46(52)33-64(7)8)55-48(58)37(16-13-14-26-54-50(60)63-51(4,5)6)30-47(57)61-32-43-41-19-11-9-17-39(41)40-18-10-12-20-42(40)43/h9-12,17-20,22-25,34,37-38,43-44H,13-16,21,26-33H2,1-8H3,(H2,52,53)(H,54,60)(H,55,58)/t37-,38+,44+/m0/s1. The fraction of sp³-hybridized carbons (Fsp3) is 0.529. The Bertz CT molecular complexity index is 2000. The van der Waals surface area contributed by atoms with Crippen molar-refractivity contribution in [3.8, 4) is 11.1 Å². The number of amides is 2. The number of unbranched alkanes of at least 4 members (excludes halogenated alkanes) is 1. The second-order valence-corrected chi connectivity index (χ2v) is 21.1. The molecule has 1 aliphatic carbocycles. The maximum atomic E-state index is 14.4. The molecule has 0 fully saturated rings.